The van der Waals surface area contributed by atoms with Gasteiger partial charge in [-0.05, 0) is 30.5 Å². The van der Waals surface area contributed by atoms with Crippen molar-refractivity contribution in [2.24, 2.45) is 4.99 Å². The molecule has 30 heavy (non-hydrogen) atoms. The van der Waals surface area contributed by atoms with Crippen LogP contribution in [-0.4, -0.2) is 87.9 Å². The SMILES string of the molecule is COc1ccc(CN=C(NCC(=O)N(C)C)N2CCOC(C3CCCO3)C2)cc1.I. The van der Waals surface area contributed by atoms with Crippen LogP contribution in [0.4, 0.5) is 0 Å². The molecule has 168 valence electrons. The lowest BCUT2D eigenvalue weighted by Crippen LogP contribution is -2.54. The van der Waals surface area contributed by atoms with E-state index in [2.05, 4.69) is 10.2 Å². The van der Waals surface area contributed by atoms with Crippen LogP contribution < -0.4 is 10.1 Å². The Labute approximate surface area is 196 Å². The molecule has 1 aromatic carbocycles. The van der Waals surface area contributed by atoms with Gasteiger partial charge in [0.05, 0.1) is 32.9 Å². The molecule has 8 nitrogen and oxygen atoms in total. The van der Waals surface area contributed by atoms with Gasteiger partial charge in [0.15, 0.2) is 5.96 Å². The van der Waals surface area contributed by atoms with E-state index < -0.39 is 0 Å². The summed E-state index contributed by atoms with van der Waals surface area (Å²) in [7, 11) is 5.15. The van der Waals surface area contributed by atoms with Gasteiger partial charge in [-0.1, -0.05) is 12.1 Å². The molecule has 0 spiro atoms. The maximum absolute atomic E-state index is 12.1. The Balaban J connectivity index is 0.00000320. The zero-order valence-corrected chi connectivity index (χ0v) is 20.3. The normalized spacial score (nSPS) is 21.7. The minimum Gasteiger partial charge on any atom is -0.497 e. The minimum absolute atomic E-state index is 0. The van der Waals surface area contributed by atoms with Gasteiger partial charge in [-0.15, -0.1) is 24.0 Å². The number of rotatable bonds is 6. The number of guanidine groups is 1. The number of morpholine rings is 1. The zero-order chi connectivity index (χ0) is 20.6. The summed E-state index contributed by atoms with van der Waals surface area (Å²) in [6, 6.07) is 7.85. The number of methoxy groups -OCH3 is 1. The third-order valence-corrected chi connectivity index (χ3v) is 5.24. The summed E-state index contributed by atoms with van der Waals surface area (Å²) in [5.41, 5.74) is 1.08. The van der Waals surface area contributed by atoms with Crippen LogP contribution >= 0.6 is 24.0 Å². The molecule has 2 atom stereocenters. The summed E-state index contributed by atoms with van der Waals surface area (Å²) >= 11 is 0. The number of likely N-dealkylation sites (N-methyl/N-ethyl adjacent to an activating group) is 1. The molecular weight excluding hydrogens is 499 g/mol. The second kappa shape index (κ2) is 12.3. The van der Waals surface area contributed by atoms with Crippen LogP contribution in [0.5, 0.6) is 5.75 Å². The average Bonchev–Trinajstić information content (AvgIpc) is 3.29. The van der Waals surface area contributed by atoms with Crippen molar-refractivity contribution in [3.8, 4) is 5.75 Å². The van der Waals surface area contributed by atoms with E-state index in [1.54, 1.807) is 26.1 Å². The van der Waals surface area contributed by atoms with Crippen molar-refractivity contribution in [3.05, 3.63) is 29.8 Å². The quantitative estimate of drug-likeness (QED) is 0.342. The first-order valence-corrected chi connectivity index (χ1v) is 10.2. The van der Waals surface area contributed by atoms with Crippen molar-refractivity contribution in [1.82, 2.24) is 15.1 Å². The number of aliphatic imine (C=N–C) groups is 1. The molecule has 2 aliphatic rings. The Hall–Kier alpha value is -1.59. The number of nitrogens with zero attached hydrogens (tertiary/aromatic N) is 3. The molecule has 0 bridgehead atoms. The molecule has 2 saturated heterocycles. The topological polar surface area (TPSA) is 75.6 Å². The lowest BCUT2D eigenvalue weighted by molar-refractivity contribution is -0.127. The monoisotopic (exact) mass is 532 g/mol. The van der Waals surface area contributed by atoms with Gasteiger partial charge in [0.25, 0.3) is 0 Å². The van der Waals surface area contributed by atoms with Crippen molar-refractivity contribution in [2.75, 3.05) is 54.1 Å². The lowest BCUT2D eigenvalue weighted by atomic mass is 10.1. The largest absolute Gasteiger partial charge is 0.497 e. The highest BCUT2D eigenvalue weighted by molar-refractivity contribution is 14.0. The molecule has 1 amide bonds. The van der Waals surface area contributed by atoms with Crippen LogP contribution in [0.25, 0.3) is 0 Å². The summed E-state index contributed by atoms with van der Waals surface area (Å²) in [5, 5.41) is 3.24. The molecule has 9 heteroatoms. The summed E-state index contributed by atoms with van der Waals surface area (Å²) in [6.45, 7) is 3.58. The number of halogens is 1. The van der Waals surface area contributed by atoms with Crippen LogP contribution in [0.3, 0.4) is 0 Å². The van der Waals surface area contributed by atoms with E-state index in [1.807, 2.05) is 24.3 Å². The predicted octanol–water partition coefficient (Wildman–Crippen LogP) is 1.73. The fourth-order valence-electron chi connectivity index (χ4n) is 3.47. The number of hydrogen-bond acceptors (Lipinski definition) is 5. The first-order chi connectivity index (χ1) is 14.1. The van der Waals surface area contributed by atoms with Crippen LogP contribution in [0.15, 0.2) is 29.3 Å². The molecule has 1 aromatic rings. The van der Waals surface area contributed by atoms with Crippen molar-refractivity contribution in [2.45, 2.75) is 31.6 Å². The van der Waals surface area contributed by atoms with E-state index in [0.717, 1.165) is 43.3 Å². The summed E-state index contributed by atoms with van der Waals surface area (Å²) in [6.07, 6.45) is 2.29. The number of carbonyl (C=O) groups excluding carboxylic acids is 1. The molecule has 0 saturated carbocycles. The van der Waals surface area contributed by atoms with Crippen LogP contribution in [0, 0.1) is 0 Å². The zero-order valence-electron chi connectivity index (χ0n) is 18.0. The number of nitrogens with one attached hydrogen (secondary N) is 1. The molecule has 3 rings (SSSR count). The van der Waals surface area contributed by atoms with Gasteiger partial charge in [0.1, 0.15) is 11.9 Å². The lowest BCUT2D eigenvalue weighted by Gasteiger charge is -2.37. The summed E-state index contributed by atoms with van der Waals surface area (Å²) in [4.78, 5) is 20.6. The highest BCUT2D eigenvalue weighted by atomic mass is 127. The molecule has 2 fully saturated rings. The predicted molar refractivity (Wildman–Crippen MR) is 127 cm³/mol. The average molecular weight is 532 g/mol. The molecule has 2 unspecified atom stereocenters. The molecule has 0 radical (unpaired) electrons. The first-order valence-electron chi connectivity index (χ1n) is 10.2. The fourth-order valence-corrected chi connectivity index (χ4v) is 3.47. The maximum Gasteiger partial charge on any atom is 0.241 e. The molecule has 2 heterocycles. The fraction of sp³-hybridized carbons (Fsp3) is 0.619. The van der Waals surface area contributed by atoms with E-state index in [-0.39, 0.29) is 48.6 Å². The van der Waals surface area contributed by atoms with E-state index in [4.69, 9.17) is 19.2 Å². The second-order valence-electron chi connectivity index (χ2n) is 7.54. The molecule has 1 N–H and O–H groups in total. The Kier molecular flexibility index (Phi) is 10.1. The highest BCUT2D eigenvalue weighted by Crippen LogP contribution is 2.21. The number of ether oxygens (including phenoxy) is 3. The molecule has 0 aliphatic carbocycles. The van der Waals surface area contributed by atoms with Crippen molar-refractivity contribution in [1.29, 1.82) is 0 Å². The smallest absolute Gasteiger partial charge is 0.241 e. The van der Waals surface area contributed by atoms with Crippen LogP contribution in [0.1, 0.15) is 18.4 Å². The third-order valence-electron chi connectivity index (χ3n) is 5.24. The highest BCUT2D eigenvalue weighted by Gasteiger charge is 2.32. The first kappa shape index (κ1) is 24.7. The Morgan fingerprint density at radius 3 is 2.60 bits per heavy atom. The van der Waals surface area contributed by atoms with E-state index in [0.29, 0.717) is 19.7 Å². The standard InChI is InChI=1S/C21H32N4O4.HI/c1-24(2)20(26)14-23-21(22-13-16-6-8-17(27-3)9-7-16)25-10-12-29-19(15-25)18-5-4-11-28-18;/h6-9,18-19H,4-5,10-15H2,1-3H3,(H,22,23);1H. The van der Waals surface area contributed by atoms with Gasteiger partial charge in [0, 0.05) is 33.8 Å². The molecular formula is C21H33IN4O4. The van der Waals surface area contributed by atoms with Crippen molar-refractivity contribution in [3.63, 3.8) is 0 Å². The van der Waals surface area contributed by atoms with Gasteiger partial charge in [-0.25, -0.2) is 4.99 Å². The van der Waals surface area contributed by atoms with Crippen LogP contribution in [-0.2, 0) is 20.8 Å². The summed E-state index contributed by atoms with van der Waals surface area (Å²) < 4.78 is 17.0. The maximum atomic E-state index is 12.1. The van der Waals surface area contributed by atoms with Crippen molar-refractivity contribution >= 4 is 35.8 Å². The number of carbonyl (C=O) groups is 1. The Morgan fingerprint density at radius 1 is 1.23 bits per heavy atom. The van der Waals surface area contributed by atoms with E-state index in [9.17, 15) is 4.79 Å². The minimum atomic E-state index is 0. The van der Waals surface area contributed by atoms with Gasteiger partial charge in [-0.2, -0.15) is 0 Å². The molecule has 2 aliphatic heterocycles. The number of hydrogen-bond donors (Lipinski definition) is 1. The van der Waals surface area contributed by atoms with Gasteiger partial charge in [-0.3, -0.25) is 4.79 Å². The van der Waals surface area contributed by atoms with Crippen molar-refractivity contribution < 1.29 is 19.0 Å². The van der Waals surface area contributed by atoms with Gasteiger partial charge >= 0.3 is 0 Å². The van der Waals surface area contributed by atoms with E-state index >= 15 is 0 Å². The second-order valence-corrected chi connectivity index (χ2v) is 7.54. The number of amides is 1. The van der Waals surface area contributed by atoms with Gasteiger partial charge < -0.3 is 29.3 Å². The molecule has 0 aromatic heterocycles. The Bertz CT molecular complexity index is 693. The number of benzene rings is 1. The third kappa shape index (κ3) is 6.98. The van der Waals surface area contributed by atoms with Gasteiger partial charge in [0.2, 0.25) is 5.91 Å². The van der Waals surface area contributed by atoms with Crippen LogP contribution in [0.2, 0.25) is 0 Å². The Morgan fingerprint density at radius 2 is 1.97 bits per heavy atom. The van der Waals surface area contributed by atoms with E-state index in [1.165, 1.54) is 0 Å². The summed E-state index contributed by atoms with van der Waals surface area (Å²) in [5.74, 6) is 1.55.